The average molecular weight is 302 g/mol. The molecule has 0 spiro atoms. The molecule has 108 valence electrons. The second-order valence-corrected chi connectivity index (χ2v) is 5.67. The number of nitrogen functional groups attached to an aromatic ring is 1. The number of aromatic nitrogens is 4. The zero-order chi connectivity index (χ0) is 15.0. The lowest BCUT2D eigenvalue weighted by atomic mass is 10.2. The predicted octanol–water partition coefficient (Wildman–Crippen LogP) is 2.06. The monoisotopic (exact) mass is 302 g/mol. The first-order valence-corrected chi connectivity index (χ1v) is 7.08. The largest absolute Gasteiger partial charge is 0.480 e. The fourth-order valence-corrected chi connectivity index (χ4v) is 3.05. The van der Waals surface area contributed by atoms with Gasteiger partial charge in [-0.1, -0.05) is 0 Å². The molecule has 0 aliphatic rings. The van der Waals surface area contributed by atoms with Gasteiger partial charge < -0.3 is 10.2 Å². The number of anilines is 1. The summed E-state index contributed by atoms with van der Waals surface area (Å²) in [4.78, 5) is 11.1. The van der Waals surface area contributed by atoms with Crippen LogP contribution in [0.3, 0.4) is 0 Å². The Balaban J connectivity index is 2.18. The minimum Gasteiger partial charge on any atom is -0.480 e. The van der Waals surface area contributed by atoms with Crippen molar-refractivity contribution in [1.82, 2.24) is 20.2 Å². The fraction of sp³-hybridized carbons (Fsp3) is 0.231. The smallest absolute Gasteiger partial charge is 0.233 e. The third kappa shape index (κ3) is 2.28. The van der Waals surface area contributed by atoms with Gasteiger partial charge in [-0.25, -0.2) is 15.8 Å². The van der Waals surface area contributed by atoms with Crippen LogP contribution in [0.4, 0.5) is 5.82 Å². The van der Waals surface area contributed by atoms with Crippen molar-refractivity contribution in [3.8, 4) is 17.4 Å². The average Bonchev–Trinajstić information content (AvgIpc) is 2.81. The van der Waals surface area contributed by atoms with Gasteiger partial charge in [0.2, 0.25) is 5.88 Å². The molecule has 0 amide bonds. The van der Waals surface area contributed by atoms with Crippen LogP contribution in [0.25, 0.3) is 21.7 Å². The number of ether oxygens (including phenoxy) is 1. The van der Waals surface area contributed by atoms with Crippen LogP contribution in [0.1, 0.15) is 10.4 Å². The van der Waals surface area contributed by atoms with Crippen molar-refractivity contribution in [1.29, 1.82) is 0 Å². The maximum atomic E-state index is 5.59. The highest BCUT2D eigenvalue weighted by Gasteiger charge is 2.15. The van der Waals surface area contributed by atoms with E-state index < -0.39 is 0 Å². The molecule has 3 heterocycles. The summed E-state index contributed by atoms with van der Waals surface area (Å²) in [5, 5.41) is 8.95. The highest BCUT2D eigenvalue weighted by molar-refractivity contribution is 7.18. The highest BCUT2D eigenvalue weighted by Crippen LogP contribution is 2.34. The molecule has 3 aromatic heterocycles. The Hall–Kier alpha value is -2.32. The molecule has 0 bridgehead atoms. The van der Waals surface area contributed by atoms with E-state index in [1.165, 1.54) is 4.88 Å². The van der Waals surface area contributed by atoms with E-state index in [-0.39, 0.29) is 0 Å². The summed E-state index contributed by atoms with van der Waals surface area (Å²) in [7, 11) is 1.54. The van der Waals surface area contributed by atoms with E-state index in [1.807, 2.05) is 6.92 Å². The number of nitrogens with one attached hydrogen (secondary N) is 1. The van der Waals surface area contributed by atoms with Crippen molar-refractivity contribution in [3.63, 3.8) is 0 Å². The van der Waals surface area contributed by atoms with Gasteiger partial charge in [-0.2, -0.15) is 0 Å². The molecule has 0 aliphatic heterocycles. The third-order valence-electron chi connectivity index (χ3n) is 3.24. The topological polar surface area (TPSA) is 98.8 Å². The molecule has 0 atom stereocenters. The van der Waals surface area contributed by atoms with Crippen LogP contribution in [-0.2, 0) is 0 Å². The molecule has 21 heavy (non-hydrogen) atoms. The zero-order valence-corrected chi connectivity index (χ0v) is 12.7. The van der Waals surface area contributed by atoms with Crippen LogP contribution >= 0.6 is 11.3 Å². The van der Waals surface area contributed by atoms with Crippen LogP contribution < -0.4 is 16.0 Å². The quantitative estimate of drug-likeness (QED) is 0.564. The molecule has 0 saturated heterocycles. The van der Waals surface area contributed by atoms with E-state index >= 15 is 0 Å². The SMILES string of the molecule is COc1ccc(-c2nc(NN)c3c(C)c(C)sc3n2)nn1. The fourth-order valence-electron chi connectivity index (χ4n) is 2.02. The Morgan fingerprint density at radius 1 is 1.19 bits per heavy atom. The lowest BCUT2D eigenvalue weighted by Gasteiger charge is -2.05. The Morgan fingerprint density at radius 2 is 2.00 bits per heavy atom. The van der Waals surface area contributed by atoms with Crippen molar-refractivity contribution < 1.29 is 4.74 Å². The molecule has 0 saturated carbocycles. The van der Waals surface area contributed by atoms with Gasteiger partial charge >= 0.3 is 0 Å². The van der Waals surface area contributed by atoms with Gasteiger partial charge in [-0.05, 0) is 25.5 Å². The van der Waals surface area contributed by atoms with Gasteiger partial charge in [0.05, 0.1) is 12.5 Å². The number of rotatable bonds is 3. The molecule has 3 rings (SSSR count). The number of thiophene rings is 1. The first-order valence-electron chi connectivity index (χ1n) is 6.26. The van der Waals surface area contributed by atoms with Crippen LogP contribution in [0.5, 0.6) is 5.88 Å². The summed E-state index contributed by atoms with van der Waals surface area (Å²) in [6, 6.07) is 3.48. The summed E-state index contributed by atoms with van der Waals surface area (Å²) in [5.74, 6) is 7.11. The molecular weight excluding hydrogens is 288 g/mol. The van der Waals surface area contributed by atoms with Gasteiger partial charge in [0, 0.05) is 10.9 Å². The molecular formula is C13H14N6OS. The van der Waals surface area contributed by atoms with Crippen LogP contribution in [-0.4, -0.2) is 27.3 Å². The Morgan fingerprint density at radius 3 is 2.62 bits per heavy atom. The van der Waals surface area contributed by atoms with E-state index in [0.29, 0.717) is 23.2 Å². The predicted molar refractivity (Wildman–Crippen MR) is 82.3 cm³/mol. The number of nitrogens with two attached hydrogens (primary N) is 1. The summed E-state index contributed by atoms with van der Waals surface area (Å²) in [6.07, 6.45) is 0. The van der Waals surface area contributed by atoms with Gasteiger partial charge in [0.1, 0.15) is 10.5 Å². The van der Waals surface area contributed by atoms with E-state index in [9.17, 15) is 0 Å². The molecule has 8 heteroatoms. The summed E-state index contributed by atoms with van der Waals surface area (Å²) in [6.45, 7) is 4.08. The van der Waals surface area contributed by atoms with E-state index in [4.69, 9.17) is 10.6 Å². The Labute approximate surface area is 125 Å². The number of aryl methyl sites for hydroxylation is 2. The van der Waals surface area contributed by atoms with Crippen molar-refractivity contribution in [2.45, 2.75) is 13.8 Å². The molecule has 0 unspecified atom stereocenters. The van der Waals surface area contributed by atoms with Gasteiger partial charge in [0.15, 0.2) is 11.6 Å². The number of hydrogen-bond donors (Lipinski definition) is 2. The van der Waals surface area contributed by atoms with Gasteiger partial charge in [-0.3, -0.25) is 0 Å². The van der Waals surface area contributed by atoms with Crippen LogP contribution in [0, 0.1) is 13.8 Å². The molecule has 0 aliphatic carbocycles. The summed E-state index contributed by atoms with van der Waals surface area (Å²) < 4.78 is 4.99. The van der Waals surface area contributed by atoms with E-state index in [0.717, 1.165) is 15.8 Å². The molecule has 7 nitrogen and oxygen atoms in total. The number of hydrazine groups is 1. The standard InChI is InChI=1S/C13H14N6OS/c1-6-7(2)21-13-10(6)12(17-14)15-11(16-13)8-4-5-9(20-3)19-18-8/h4-5H,14H2,1-3H3,(H,15,16,17). The van der Waals surface area contributed by atoms with E-state index in [2.05, 4.69) is 32.5 Å². The maximum Gasteiger partial charge on any atom is 0.233 e. The molecule has 3 aromatic rings. The second-order valence-electron chi connectivity index (χ2n) is 4.46. The normalized spacial score (nSPS) is 10.9. The molecule has 0 fully saturated rings. The van der Waals surface area contributed by atoms with Crippen molar-refractivity contribution in [3.05, 3.63) is 22.6 Å². The number of hydrogen-bond acceptors (Lipinski definition) is 8. The number of fused-ring (bicyclic) bond motifs is 1. The summed E-state index contributed by atoms with van der Waals surface area (Å²) >= 11 is 1.61. The Bertz CT molecular complexity index is 799. The number of methoxy groups -OCH3 is 1. The first kappa shape index (κ1) is 13.7. The Kier molecular flexibility index (Phi) is 3.40. The maximum absolute atomic E-state index is 5.59. The first-order chi connectivity index (χ1) is 10.1. The van der Waals surface area contributed by atoms with Crippen LogP contribution in [0.15, 0.2) is 12.1 Å². The third-order valence-corrected chi connectivity index (χ3v) is 4.34. The minimum atomic E-state index is 0.444. The lowest BCUT2D eigenvalue weighted by molar-refractivity contribution is 0.392. The number of nitrogens with zero attached hydrogens (tertiary/aromatic N) is 4. The van der Waals surface area contributed by atoms with Crippen LogP contribution in [0.2, 0.25) is 0 Å². The minimum absolute atomic E-state index is 0.444. The lowest BCUT2D eigenvalue weighted by Crippen LogP contribution is -2.10. The van der Waals surface area contributed by atoms with Crippen molar-refractivity contribution in [2.24, 2.45) is 5.84 Å². The van der Waals surface area contributed by atoms with Crippen molar-refractivity contribution in [2.75, 3.05) is 12.5 Å². The molecule has 0 radical (unpaired) electrons. The van der Waals surface area contributed by atoms with Crippen molar-refractivity contribution >= 4 is 27.4 Å². The molecule has 3 N–H and O–H groups in total. The highest BCUT2D eigenvalue weighted by atomic mass is 32.1. The van der Waals surface area contributed by atoms with Gasteiger partial charge in [-0.15, -0.1) is 21.5 Å². The van der Waals surface area contributed by atoms with E-state index in [1.54, 1.807) is 30.6 Å². The summed E-state index contributed by atoms with van der Waals surface area (Å²) in [5.41, 5.74) is 4.34. The molecule has 0 aromatic carbocycles. The van der Waals surface area contributed by atoms with Gasteiger partial charge in [0.25, 0.3) is 0 Å². The zero-order valence-electron chi connectivity index (χ0n) is 11.8. The second kappa shape index (κ2) is 5.23.